The van der Waals surface area contributed by atoms with Crippen molar-refractivity contribution in [3.63, 3.8) is 0 Å². The third-order valence-electron chi connectivity index (χ3n) is 4.62. The van der Waals surface area contributed by atoms with E-state index in [1.54, 1.807) is 6.07 Å². The number of hydrogen-bond acceptors (Lipinski definition) is 5. The minimum atomic E-state index is -0.506. The van der Waals surface area contributed by atoms with Crippen LogP contribution in [0.4, 0.5) is 9.18 Å². The van der Waals surface area contributed by atoms with E-state index in [4.69, 9.17) is 20.8 Å². The second-order valence-electron chi connectivity index (χ2n) is 8.15. The number of carbonyl (C=O) groups is 1. The lowest BCUT2D eigenvalue weighted by Gasteiger charge is -2.28. The Morgan fingerprint density at radius 1 is 1.29 bits per heavy atom. The first kappa shape index (κ1) is 20.6. The number of benzene rings is 1. The lowest BCUT2D eigenvalue weighted by molar-refractivity contribution is 0.0490. The Hall–Kier alpha value is -2.15. The third kappa shape index (κ3) is 5.67. The van der Waals surface area contributed by atoms with E-state index in [1.165, 1.54) is 12.1 Å². The molecule has 2 aromatic rings. The number of aromatic nitrogens is 2. The van der Waals surface area contributed by atoms with Gasteiger partial charge in [0.15, 0.2) is 0 Å². The number of nitrogens with zero attached hydrogens (tertiary/aromatic N) is 2. The number of halogens is 2. The molecular weight excluding hydrogens is 385 g/mol. The van der Waals surface area contributed by atoms with Crippen LogP contribution in [-0.2, 0) is 11.2 Å². The molecule has 1 aromatic heterocycles. The summed E-state index contributed by atoms with van der Waals surface area (Å²) in [7, 11) is 0. The maximum Gasteiger partial charge on any atom is 0.407 e. The fraction of sp³-hybridized carbons (Fsp3) is 0.550. The third-order valence-corrected chi connectivity index (χ3v) is 4.93. The second-order valence-corrected chi connectivity index (χ2v) is 8.56. The largest absolute Gasteiger partial charge is 0.444 e. The Morgan fingerprint density at radius 2 is 2.00 bits per heavy atom. The van der Waals surface area contributed by atoms with Crippen LogP contribution in [0.1, 0.15) is 69.7 Å². The Bertz CT molecular complexity index is 826. The van der Waals surface area contributed by atoms with Gasteiger partial charge < -0.3 is 14.5 Å². The average Bonchev–Trinajstić information content (AvgIpc) is 3.05. The van der Waals surface area contributed by atoms with E-state index in [2.05, 4.69) is 15.5 Å². The van der Waals surface area contributed by atoms with Crippen molar-refractivity contribution in [2.75, 3.05) is 0 Å². The quantitative estimate of drug-likeness (QED) is 0.768. The predicted octanol–water partition coefficient (Wildman–Crippen LogP) is 5.00. The summed E-state index contributed by atoms with van der Waals surface area (Å²) in [5.41, 5.74) is 0.219. The van der Waals surface area contributed by atoms with Gasteiger partial charge in [0.1, 0.15) is 11.4 Å². The van der Waals surface area contributed by atoms with Crippen LogP contribution in [0.25, 0.3) is 0 Å². The van der Waals surface area contributed by atoms with E-state index in [1.807, 2.05) is 20.8 Å². The number of nitrogens with one attached hydrogen (secondary N) is 1. The van der Waals surface area contributed by atoms with E-state index >= 15 is 0 Å². The molecule has 3 rings (SSSR count). The summed E-state index contributed by atoms with van der Waals surface area (Å²) in [6.07, 6.45) is 3.31. The van der Waals surface area contributed by atoms with Crippen molar-refractivity contribution in [2.45, 2.75) is 70.4 Å². The zero-order valence-corrected chi connectivity index (χ0v) is 17.1. The van der Waals surface area contributed by atoms with Gasteiger partial charge in [0.05, 0.1) is 11.4 Å². The van der Waals surface area contributed by atoms with E-state index in [0.717, 1.165) is 31.2 Å². The summed E-state index contributed by atoms with van der Waals surface area (Å²) >= 11 is 5.70. The molecule has 1 N–H and O–H groups in total. The minimum absolute atomic E-state index is 0.0885. The summed E-state index contributed by atoms with van der Waals surface area (Å²) in [6, 6.07) is 4.72. The van der Waals surface area contributed by atoms with Gasteiger partial charge in [-0.1, -0.05) is 17.7 Å². The van der Waals surface area contributed by atoms with E-state index in [-0.39, 0.29) is 23.1 Å². The molecule has 0 radical (unpaired) electrons. The Balaban J connectivity index is 1.51. The van der Waals surface area contributed by atoms with Crippen LogP contribution in [0.3, 0.4) is 0 Å². The zero-order valence-electron chi connectivity index (χ0n) is 16.3. The van der Waals surface area contributed by atoms with Gasteiger partial charge in [-0.2, -0.15) is 0 Å². The number of amides is 1. The van der Waals surface area contributed by atoms with Crippen LogP contribution in [0, 0.1) is 5.82 Å². The van der Waals surface area contributed by atoms with Crippen LogP contribution in [0.15, 0.2) is 22.6 Å². The molecule has 0 saturated heterocycles. The second kappa shape index (κ2) is 8.47. The molecule has 28 heavy (non-hydrogen) atoms. The monoisotopic (exact) mass is 409 g/mol. The summed E-state index contributed by atoms with van der Waals surface area (Å²) < 4.78 is 24.6. The molecule has 0 unspecified atom stereocenters. The van der Waals surface area contributed by atoms with E-state index in [0.29, 0.717) is 18.2 Å². The van der Waals surface area contributed by atoms with Gasteiger partial charge in [-0.15, -0.1) is 10.2 Å². The molecule has 1 heterocycles. The standard InChI is InChI=1S/C20H25ClFN3O3/c1-20(2,3)28-19(26)23-14-7-5-13(6-8-14)18-25-24-17(27-18)11-12-4-9-15(21)16(22)10-12/h4,9-10,13-14H,5-8,11H2,1-3H3,(H,23,26)/t13-,14-. The topological polar surface area (TPSA) is 77.2 Å². The van der Waals surface area contributed by atoms with Crippen LogP contribution in [-0.4, -0.2) is 27.9 Å². The van der Waals surface area contributed by atoms with Gasteiger partial charge in [-0.3, -0.25) is 0 Å². The number of alkyl carbamates (subject to hydrolysis) is 1. The molecular formula is C20H25ClFN3O3. The van der Waals surface area contributed by atoms with Crippen molar-refractivity contribution in [2.24, 2.45) is 0 Å². The first-order chi connectivity index (χ1) is 13.2. The van der Waals surface area contributed by atoms with Crippen LogP contribution in [0.2, 0.25) is 5.02 Å². The zero-order chi connectivity index (χ0) is 20.3. The highest BCUT2D eigenvalue weighted by atomic mass is 35.5. The van der Waals surface area contributed by atoms with Gasteiger partial charge in [-0.05, 0) is 64.2 Å². The summed E-state index contributed by atoms with van der Waals surface area (Å²) in [6.45, 7) is 5.53. The van der Waals surface area contributed by atoms with Crippen LogP contribution < -0.4 is 5.32 Å². The molecule has 1 amide bonds. The lowest BCUT2D eigenvalue weighted by Crippen LogP contribution is -2.40. The van der Waals surface area contributed by atoms with E-state index in [9.17, 15) is 9.18 Å². The van der Waals surface area contributed by atoms with E-state index < -0.39 is 11.4 Å². The number of ether oxygens (including phenoxy) is 1. The molecule has 8 heteroatoms. The highest BCUT2D eigenvalue weighted by Gasteiger charge is 2.28. The fourth-order valence-electron chi connectivity index (χ4n) is 3.29. The molecule has 0 atom stereocenters. The van der Waals surface area contributed by atoms with Gasteiger partial charge in [0.25, 0.3) is 0 Å². The molecule has 1 fully saturated rings. The van der Waals surface area contributed by atoms with Crippen LogP contribution in [0.5, 0.6) is 0 Å². The normalized spacial score (nSPS) is 20.0. The maximum absolute atomic E-state index is 13.6. The number of hydrogen-bond donors (Lipinski definition) is 1. The van der Waals surface area contributed by atoms with Crippen LogP contribution >= 0.6 is 11.6 Å². The van der Waals surface area contributed by atoms with Crippen molar-refractivity contribution in [3.05, 3.63) is 46.4 Å². The van der Waals surface area contributed by atoms with Crippen molar-refractivity contribution >= 4 is 17.7 Å². The summed E-state index contributed by atoms with van der Waals surface area (Å²) in [5.74, 6) is 0.750. The van der Waals surface area contributed by atoms with Gasteiger partial charge in [-0.25, -0.2) is 9.18 Å². The summed E-state index contributed by atoms with van der Waals surface area (Å²) in [5, 5.41) is 11.3. The van der Waals surface area contributed by atoms with Gasteiger partial charge >= 0.3 is 6.09 Å². The molecule has 1 aliphatic rings. The maximum atomic E-state index is 13.6. The SMILES string of the molecule is CC(C)(C)OC(=O)N[C@H]1CC[C@H](c2nnc(Cc3ccc(Cl)c(F)c3)o2)CC1. The Labute approximate surface area is 168 Å². The highest BCUT2D eigenvalue weighted by molar-refractivity contribution is 6.30. The fourth-order valence-corrected chi connectivity index (χ4v) is 3.40. The van der Waals surface area contributed by atoms with Crippen molar-refractivity contribution in [1.82, 2.24) is 15.5 Å². The van der Waals surface area contributed by atoms with Gasteiger partial charge in [0.2, 0.25) is 11.8 Å². The average molecular weight is 410 g/mol. The smallest absolute Gasteiger partial charge is 0.407 e. The lowest BCUT2D eigenvalue weighted by atomic mass is 9.86. The molecule has 6 nitrogen and oxygen atoms in total. The molecule has 0 bridgehead atoms. The van der Waals surface area contributed by atoms with Crippen molar-refractivity contribution < 1.29 is 18.3 Å². The molecule has 0 spiro atoms. The van der Waals surface area contributed by atoms with Gasteiger partial charge in [0, 0.05) is 12.0 Å². The predicted molar refractivity (Wildman–Crippen MR) is 103 cm³/mol. The highest BCUT2D eigenvalue weighted by Crippen LogP contribution is 2.32. The molecule has 1 saturated carbocycles. The molecule has 152 valence electrons. The molecule has 1 aliphatic carbocycles. The Morgan fingerprint density at radius 3 is 2.64 bits per heavy atom. The Kier molecular flexibility index (Phi) is 6.23. The van der Waals surface area contributed by atoms with Crippen molar-refractivity contribution in [1.29, 1.82) is 0 Å². The number of carbonyl (C=O) groups excluding carboxylic acids is 1. The molecule has 0 aliphatic heterocycles. The first-order valence-corrected chi connectivity index (χ1v) is 9.83. The molecule has 1 aromatic carbocycles. The van der Waals surface area contributed by atoms with Crippen molar-refractivity contribution in [3.8, 4) is 0 Å². The number of rotatable bonds is 4. The summed E-state index contributed by atoms with van der Waals surface area (Å²) in [4.78, 5) is 11.9. The minimum Gasteiger partial charge on any atom is -0.444 e. The first-order valence-electron chi connectivity index (χ1n) is 9.45.